The van der Waals surface area contributed by atoms with Crippen LogP contribution in [0.2, 0.25) is 0 Å². The molecule has 94 valence electrons. The van der Waals surface area contributed by atoms with E-state index in [1.165, 1.54) is 0 Å². The van der Waals surface area contributed by atoms with Gasteiger partial charge in [0.2, 0.25) is 0 Å². The van der Waals surface area contributed by atoms with Crippen molar-refractivity contribution in [2.24, 2.45) is 0 Å². The van der Waals surface area contributed by atoms with Crippen LogP contribution in [-0.2, 0) is 23.8 Å². The fourth-order valence-corrected chi connectivity index (χ4v) is 1.72. The van der Waals surface area contributed by atoms with Crippen molar-refractivity contribution >= 4 is 16.1 Å². The summed E-state index contributed by atoms with van der Waals surface area (Å²) >= 11 is 0. The highest BCUT2D eigenvalue weighted by molar-refractivity contribution is 7.86. The smallest absolute Gasteiger partial charge is 0.330 e. The molecule has 1 atom stereocenters. The standard InChI is InChI=1S/C10H18O5S/c1-4-6-7-9(15-16(3,12)13)8-14-10(11)5-2/h5,9H,2,4,6-8H2,1,3H3. The Bertz CT molecular complexity index is 320. The lowest BCUT2D eigenvalue weighted by atomic mass is 10.2. The van der Waals surface area contributed by atoms with Crippen LogP contribution in [-0.4, -0.2) is 33.4 Å². The summed E-state index contributed by atoms with van der Waals surface area (Å²) in [7, 11) is -3.53. The van der Waals surface area contributed by atoms with Crippen LogP contribution < -0.4 is 0 Å². The van der Waals surface area contributed by atoms with E-state index in [0.29, 0.717) is 6.42 Å². The molecule has 16 heavy (non-hydrogen) atoms. The monoisotopic (exact) mass is 250 g/mol. The topological polar surface area (TPSA) is 69.7 Å². The zero-order valence-corrected chi connectivity index (χ0v) is 10.5. The first-order valence-corrected chi connectivity index (χ1v) is 6.88. The first-order valence-electron chi connectivity index (χ1n) is 5.06. The Morgan fingerprint density at radius 1 is 1.50 bits per heavy atom. The minimum absolute atomic E-state index is 0.0715. The summed E-state index contributed by atoms with van der Waals surface area (Å²) in [6.07, 6.45) is 3.65. The molecule has 0 aromatic rings. The molecule has 0 aromatic carbocycles. The molecule has 0 fully saturated rings. The number of ether oxygens (including phenoxy) is 1. The number of carbonyl (C=O) groups is 1. The first-order chi connectivity index (χ1) is 7.39. The van der Waals surface area contributed by atoms with E-state index in [9.17, 15) is 13.2 Å². The molecule has 0 bridgehead atoms. The molecule has 5 nitrogen and oxygen atoms in total. The second kappa shape index (κ2) is 7.40. The van der Waals surface area contributed by atoms with Gasteiger partial charge in [-0.3, -0.25) is 4.18 Å². The van der Waals surface area contributed by atoms with E-state index in [2.05, 4.69) is 6.58 Å². The zero-order chi connectivity index (χ0) is 12.6. The molecule has 0 saturated carbocycles. The maximum Gasteiger partial charge on any atom is 0.330 e. The fraction of sp³-hybridized carbons (Fsp3) is 0.700. The lowest BCUT2D eigenvalue weighted by molar-refractivity contribution is -0.140. The SMILES string of the molecule is C=CC(=O)OCC(CCCC)OS(C)(=O)=O. The largest absolute Gasteiger partial charge is 0.460 e. The summed E-state index contributed by atoms with van der Waals surface area (Å²) in [5.41, 5.74) is 0. The Kier molecular flexibility index (Phi) is 7.00. The molecule has 0 radical (unpaired) electrons. The van der Waals surface area contributed by atoms with Crippen LogP contribution in [0.5, 0.6) is 0 Å². The summed E-state index contributed by atoms with van der Waals surface area (Å²) < 4.78 is 31.4. The summed E-state index contributed by atoms with van der Waals surface area (Å²) in [4.78, 5) is 10.8. The van der Waals surface area contributed by atoms with Gasteiger partial charge in [-0.25, -0.2) is 4.79 Å². The molecular weight excluding hydrogens is 232 g/mol. The van der Waals surface area contributed by atoms with Crippen LogP contribution in [0.4, 0.5) is 0 Å². The van der Waals surface area contributed by atoms with Crippen molar-refractivity contribution in [3.8, 4) is 0 Å². The predicted molar refractivity (Wildman–Crippen MR) is 60.4 cm³/mol. The molecule has 0 spiro atoms. The minimum atomic E-state index is -3.53. The van der Waals surface area contributed by atoms with Gasteiger partial charge in [-0.1, -0.05) is 26.3 Å². The molecule has 0 saturated heterocycles. The van der Waals surface area contributed by atoms with Crippen molar-refractivity contribution in [1.82, 2.24) is 0 Å². The van der Waals surface area contributed by atoms with Crippen molar-refractivity contribution in [3.05, 3.63) is 12.7 Å². The third-order valence-corrected chi connectivity index (χ3v) is 2.39. The molecule has 0 heterocycles. The van der Waals surface area contributed by atoms with Gasteiger partial charge in [0.1, 0.15) is 12.7 Å². The molecule has 0 N–H and O–H groups in total. The van der Waals surface area contributed by atoms with Crippen molar-refractivity contribution in [2.45, 2.75) is 32.3 Å². The third-order valence-electron chi connectivity index (χ3n) is 1.77. The number of esters is 1. The third kappa shape index (κ3) is 8.43. The molecule has 0 rings (SSSR count). The Hall–Kier alpha value is -0.880. The highest BCUT2D eigenvalue weighted by Gasteiger charge is 2.16. The van der Waals surface area contributed by atoms with E-state index < -0.39 is 22.2 Å². The van der Waals surface area contributed by atoms with Crippen LogP contribution in [0.15, 0.2) is 12.7 Å². The number of rotatable bonds is 8. The summed E-state index contributed by atoms with van der Waals surface area (Å²) in [6, 6.07) is 0. The zero-order valence-electron chi connectivity index (χ0n) is 9.64. The normalized spacial score (nSPS) is 13.1. The Morgan fingerprint density at radius 2 is 2.12 bits per heavy atom. The van der Waals surface area contributed by atoms with Crippen LogP contribution in [0.25, 0.3) is 0 Å². The van der Waals surface area contributed by atoms with Gasteiger partial charge in [-0.15, -0.1) is 0 Å². The second-order valence-electron chi connectivity index (χ2n) is 3.40. The molecule has 1 unspecified atom stereocenters. The van der Waals surface area contributed by atoms with E-state index in [4.69, 9.17) is 8.92 Å². The Labute approximate surface area is 96.6 Å². The van der Waals surface area contributed by atoms with E-state index in [1.807, 2.05) is 6.92 Å². The highest BCUT2D eigenvalue weighted by atomic mass is 32.2. The van der Waals surface area contributed by atoms with Crippen LogP contribution in [0.1, 0.15) is 26.2 Å². The molecule has 0 aliphatic rings. The van der Waals surface area contributed by atoms with Crippen molar-refractivity contribution in [1.29, 1.82) is 0 Å². The number of unbranched alkanes of at least 4 members (excludes halogenated alkanes) is 1. The lowest BCUT2D eigenvalue weighted by Gasteiger charge is -2.15. The van der Waals surface area contributed by atoms with Gasteiger partial charge in [0.05, 0.1) is 6.26 Å². The van der Waals surface area contributed by atoms with Crippen LogP contribution in [0, 0.1) is 0 Å². The summed E-state index contributed by atoms with van der Waals surface area (Å²) in [5, 5.41) is 0. The van der Waals surface area contributed by atoms with Crippen LogP contribution >= 0.6 is 0 Å². The molecule has 0 aliphatic heterocycles. The van der Waals surface area contributed by atoms with E-state index in [-0.39, 0.29) is 6.61 Å². The molecule has 6 heteroatoms. The van der Waals surface area contributed by atoms with E-state index in [0.717, 1.165) is 25.2 Å². The van der Waals surface area contributed by atoms with Gasteiger partial charge in [-0.2, -0.15) is 8.42 Å². The van der Waals surface area contributed by atoms with Crippen LogP contribution in [0.3, 0.4) is 0 Å². The second-order valence-corrected chi connectivity index (χ2v) is 5.00. The summed E-state index contributed by atoms with van der Waals surface area (Å²) in [5.74, 6) is -0.585. The minimum Gasteiger partial charge on any atom is -0.460 e. The number of hydrogen-bond donors (Lipinski definition) is 0. The van der Waals surface area contributed by atoms with Crippen molar-refractivity contribution < 1.29 is 22.1 Å². The first kappa shape index (κ1) is 15.1. The highest BCUT2D eigenvalue weighted by Crippen LogP contribution is 2.08. The molecular formula is C10H18O5S. The predicted octanol–water partition coefficient (Wildman–Crippen LogP) is 1.25. The average molecular weight is 250 g/mol. The molecule has 0 aromatic heterocycles. The lowest BCUT2D eigenvalue weighted by Crippen LogP contribution is -2.24. The Morgan fingerprint density at radius 3 is 2.56 bits per heavy atom. The number of carbonyl (C=O) groups excluding carboxylic acids is 1. The van der Waals surface area contributed by atoms with Gasteiger partial charge >= 0.3 is 5.97 Å². The van der Waals surface area contributed by atoms with Crippen molar-refractivity contribution in [2.75, 3.05) is 12.9 Å². The van der Waals surface area contributed by atoms with Crippen molar-refractivity contribution in [3.63, 3.8) is 0 Å². The average Bonchev–Trinajstić information content (AvgIpc) is 2.19. The van der Waals surface area contributed by atoms with Gasteiger partial charge in [-0.05, 0) is 6.42 Å². The molecule has 0 aliphatic carbocycles. The number of hydrogen-bond acceptors (Lipinski definition) is 5. The van der Waals surface area contributed by atoms with Gasteiger partial charge in [0.25, 0.3) is 10.1 Å². The fourth-order valence-electron chi connectivity index (χ4n) is 1.07. The molecule has 0 amide bonds. The van der Waals surface area contributed by atoms with Gasteiger partial charge in [0, 0.05) is 6.08 Å². The Balaban J connectivity index is 4.20. The maximum absolute atomic E-state index is 10.9. The summed E-state index contributed by atoms with van der Waals surface area (Å²) in [6.45, 7) is 5.15. The van der Waals surface area contributed by atoms with Gasteiger partial charge < -0.3 is 4.74 Å². The van der Waals surface area contributed by atoms with E-state index >= 15 is 0 Å². The quantitative estimate of drug-likeness (QED) is 0.368. The van der Waals surface area contributed by atoms with Gasteiger partial charge in [0.15, 0.2) is 0 Å². The van der Waals surface area contributed by atoms with E-state index in [1.54, 1.807) is 0 Å². The maximum atomic E-state index is 10.9.